The van der Waals surface area contributed by atoms with Crippen LogP contribution in [0.5, 0.6) is 17.2 Å². The zero-order valence-corrected chi connectivity index (χ0v) is 66.4. The second kappa shape index (κ2) is 38.5. The smallest absolute Gasteiger partial charge is 0.332 e. The molecule has 6 heterocycles. The summed E-state index contributed by atoms with van der Waals surface area (Å²) < 4.78 is 62.2. The van der Waals surface area contributed by atoms with Crippen molar-refractivity contribution in [3.05, 3.63) is 188 Å². The summed E-state index contributed by atoms with van der Waals surface area (Å²) in [5.41, 5.74) is 14.8. The molecule has 0 aliphatic heterocycles. The average Bonchev–Trinajstić information content (AvgIpc) is 1.61. The second-order valence-electron chi connectivity index (χ2n) is 30.2. The monoisotopic (exact) mass is 1570 g/mol. The number of hydrogen-bond donors (Lipinski definition) is 4. The molecule has 0 bridgehead atoms. The molecule has 3 aliphatic rings. The van der Waals surface area contributed by atoms with Crippen molar-refractivity contribution in [3.63, 3.8) is 0 Å². The van der Waals surface area contributed by atoms with Crippen LogP contribution >= 0.6 is 11.6 Å². The molecule has 0 amide bonds. The number of rotatable bonds is 22. The van der Waals surface area contributed by atoms with Gasteiger partial charge in [0.2, 0.25) is 17.1 Å². The number of carboxylic acid groups (broad SMARTS) is 1. The lowest BCUT2D eigenvalue weighted by molar-refractivity contribution is -0.163. The third-order valence-electron chi connectivity index (χ3n) is 19.4. The maximum absolute atomic E-state index is 12.2. The first kappa shape index (κ1) is 82.2. The van der Waals surface area contributed by atoms with E-state index in [0.29, 0.717) is 39.9 Å². The number of anilines is 2. The highest BCUT2D eigenvalue weighted by Crippen LogP contribution is 2.47. The summed E-state index contributed by atoms with van der Waals surface area (Å²) in [6.07, 6.45) is 15.5. The van der Waals surface area contributed by atoms with Crippen molar-refractivity contribution < 1.29 is 70.6 Å². The van der Waals surface area contributed by atoms with E-state index in [-0.39, 0.29) is 68.2 Å². The number of methoxy groups -OCH3 is 3. The van der Waals surface area contributed by atoms with E-state index < -0.39 is 17.2 Å². The van der Waals surface area contributed by atoms with Crippen LogP contribution in [-0.4, -0.2) is 142 Å². The molecule has 3 saturated carbocycles. The Morgan fingerprint density at radius 1 is 0.430 bits per heavy atom. The Bertz CT molecular complexity index is 5130. The first-order valence-corrected chi connectivity index (χ1v) is 38.8. The van der Waals surface area contributed by atoms with E-state index in [2.05, 4.69) is 40.5 Å². The van der Waals surface area contributed by atoms with E-state index in [0.717, 1.165) is 172 Å². The minimum Gasteiger partial charge on any atom is -0.497 e. The normalized spacial score (nSPS) is 17.5. The molecule has 6 aromatic carbocycles. The number of nitrogens with two attached hydrogens (primary N) is 1. The van der Waals surface area contributed by atoms with E-state index in [1.54, 1.807) is 21.3 Å². The van der Waals surface area contributed by atoms with E-state index in [1.807, 2.05) is 205 Å². The summed E-state index contributed by atoms with van der Waals surface area (Å²) in [7, 11) is 4.94. The van der Waals surface area contributed by atoms with Crippen molar-refractivity contribution in [1.82, 2.24) is 29.9 Å². The molecule has 0 spiro atoms. The average molecular weight is 1570 g/mol. The van der Waals surface area contributed by atoms with Gasteiger partial charge in [0.05, 0.1) is 55.8 Å². The van der Waals surface area contributed by atoms with Gasteiger partial charge in [0.1, 0.15) is 101 Å². The molecule has 114 heavy (non-hydrogen) atoms. The highest BCUT2D eigenvalue weighted by molar-refractivity contribution is 6.35. The van der Waals surface area contributed by atoms with Crippen molar-refractivity contribution >= 4 is 74.4 Å². The number of nitrogens with one attached hydrogen (secondary N) is 2. The Hall–Kier alpha value is -11.3. The van der Waals surface area contributed by atoms with E-state index in [1.165, 1.54) is 19.0 Å². The fourth-order valence-corrected chi connectivity index (χ4v) is 14.6. The summed E-state index contributed by atoms with van der Waals surface area (Å²) in [5, 5.41) is 18.9. The zero-order valence-electron chi connectivity index (χ0n) is 65.7. The predicted molar refractivity (Wildman–Crippen MR) is 439 cm³/mol. The summed E-state index contributed by atoms with van der Waals surface area (Å²) in [4.78, 5) is 60.9. The van der Waals surface area contributed by atoms with Gasteiger partial charge in [-0.15, -0.1) is 0 Å². The van der Waals surface area contributed by atoms with Crippen molar-refractivity contribution in [3.8, 4) is 84.6 Å². The fraction of sp³-hybridized carbons (Fsp3) is 0.360. The highest BCUT2D eigenvalue weighted by Gasteiger charge is 2.32. The standard InChI is InChI=1S/C31H35N3O5.C27H27N3O5.C19H13ClN2O2.C12H23NO3/c1-31(2,3)39-25(35)18-37-24-12-8-11-22(17-24)34-29-27-26(20-13-15-23(36-4)16-14-20)28(21-9-6-5-7-10-21)38-30(27)33-19-32-29;1-33-20-12-10-17(11-13-20)23-24-26(30-19-8-5-9-21(14-19)34-15-22(31)32)28-16-29-27(24)35-25(23)18-6-3-2-4-7-18;1-23-14-9-7-12(8-10-14)15-16-18(20)21-11-22-19(16)24-17(15)13-5-3-2-4-6-13;1-12(2,3)16-11(14)8-15-10-6-4-5-9(13)7-10/h5-7,9-10,13-16,19,22,24H,8,11-12,17-18H2,1-4H3,(H,32,33,34);2-4,6-7,10-13,16,19,21H,5,8-9,14-15H2,1H3,(H,31,32)(H,28,29,30);2-11H,1H3;9-10H,4-8,13H2,1-3H3. The van der Waals surface area contributed by atoms with Crippen LogP contribution in [0.3, 0.4) is 0 Å². The number of hydrogen-bond acceptors (Lipinski definition) is 23. The Morgan fingerprint density at radius 3 is 1.11 bits per heavy atom. The SMILES string of the molecule is CC(C)(C)OC(=O)COC1CCCC(N)C1.COc1ccc(-c2c(-c3ccccc3)oc3ncnc(Cl)c23)cc1.COc1ccc(-c2c(-c3ccccc3)oc3ncnc(NC4CCCC(OCC(=O)O)C4)c23)cc1.COc1ccc(-c2c(-c3ccccc3)oc3ncnc(NC4CCCC(OCC(=O)OC(C)(C)C)C4)c23)cc1. The van der Waals surface area contributed by atoms with Crippen LogP contribution < -0.4 is 30.6 Å². The number of carbonyl (C=O) groups is 3. The third-order valence-corrected chi connectivity index (χ3v) is 19.7. The number of nitrogens with zero attached hydrogens (tertiary/aromatic N) is 6. The van der Waals surface area contributed by atoms with E-state index in [4.69, 9.17) is 73.6 Å². The van der Waals surface area contributed by atoms with Crippen molar-refractivity contribution in [1.29, 1.82) is 0 Å². The first-order chi connectivity index (χ1) is 55.1. The second-order valence-corrected chi connectivity index (χ2v) is 30.5. The van der Waals surface area contributed by atoms with Gasteiger partial charge in [0.15, 0.2) is 0 Å². The third kappa shape index (κ3) is 21.9. The van der Waals surface area contributed by atoms with Gasteiger partial charge in [-0.05, 0) is 172 Å². The number of benzene rings is 6. The van der Waals surface area contributed by atoms with Gasteiger partial charge < -0.3 is 72.6 Å². The lowest BCUT2D eigenvalue weighted by atomic mass is 9.92. The summed E-state index contributed by atoms with van der Waals surface area (Å²) in [5.74, 6) is 4.33. The number of fused-ring (bicyclic) bond motifs is 3. The van der Waals surface area contributed by atoms with Crippen LogP contribution in [0, 0.1) is 0 Å². The lowest BCUT2D eigenvalue weighted by Gasteiger charge is -2.30. The van der Waals surface area contributed by atoms with Gasteiger partial charge in [-0.2, -0.15) is 0 Å². The number of esters is 2. The predicted octanol–water partition coefficient (Wildman–Crippen LogP) is 18.9. The Kier molecular flexibility index (Phi) is 27.8. The van der Waals surface area contributed by atoms with Crippen molar-refractivity contribution in [2.24, 2.45) is 5.73 Å². The minimum atomic E-state index is -0.950. The largest absolute Gasteiger partial charge is 0.497 e. The van der Waals surface area contributed by atoms with Crippen LogP contribution in [-0.2, 0) is 38.1 Å². The number of ether oxygens (including phenoxy) is 8. The maximum Gasteiger partial charge on any atom is 0.332 e. The molecule has 12 aromatic rings. The quantitative estimate of drug-likeness (QED) is 0.0362. The molecular weight excluding hydrogens is 1470 g/mol. The molecule has 0 saturated heterocycles. The summed E-state index contributed by atoms with van der Waals surface area (Å²) >= 11 is 6.34. The molecule has 6 unspecified atom stereocenters. The van der Waals surface area contributed by atoms with E-state index >= 15 is 0 Å². The molecule has 596 valence electrons. The molecule has 25 heteroatoms. The van der Waals surface area contributed by atoms with Crippen LogP contribution in [0.1, 0.15) is 119 Å². The molecule has 3 aliphatic carbocycles. The van der Waals surface area contributed by atoms with E-state index in [9.17, 15) is 14.4 Å². The molecule has 6 atom stereocenters. The molecule has 6 aromatic heterocycles. The molecule has 15 rings (SSSR count). The summed E-state index contributed by atoms with van der Waals surface area (Å²) in [6, 6.07) is 53.8. The van der Waals surface area contributed by atoms with Crippen molar-refractivity contribution in [2.75, 3.05) is 51.8 Å². The Balaban J connectivity index is 0.000000147. The van der Waals surface area contributed by atoms with Crippen LogP contribution in [0.25, 0.3) is 101 Å². The molecule has 5 N–H and O–H groups in total. The molecule has 24 nitrogen and oxygen atoms in total. The first-order valence-electron chi connectivity index (χ1n) is 38.4. The number of aromatic nitrogens is 6. The van der Waals surface area contributed by atoms with Crippen LogP contribution in [0.2, 0.25) is 5.15 Å². The number of carbonyl (C=O) groups excluding carboxylic acids is 2. The molecular formula is C89H98ClN9O15. The number of carboxylic acids is 1. The van der Waals surface area contributed by atoms with Gasteiger partial charge in [-0.1, -0.05) is 139 Å². The maximum atomic E-state index is 12.2. The lowest BCUT2D eigenvalue weighted by Crippen LogP contribution is -2.34. The number of halogens is 1. The van der Waals surface area contributed by atoms with Crippen molar-refractivity contribution in [2.45, 2.75) is 166 Å². The topological polar surface area (TPSA) is 312 Å². The van der Waals surface area contributed by atoms with Gasteiger partial charge in [0.25, 0.3) is 0 Å². The van der Waals surface area contributed by atoms with Crippen LogP contribution in [0.4, 0.5) is 11.6 Å². The number of aliphatic carboxylic acids is 1. The molecule has 0 radical (unpaired) electrons. The summed E-state index contributed by atoms with van der Waals surface area (Å²) in [6.45, 7) is 10.8. The highest BCUT2D eigenvalue weighted by atomic mass is 35.5. The van der Waals surface area contributed by atoms with Gasteiger partial charge in [-0.3, -0.25) is 0 Å². The van der Waals surface area contributed by atoms with Gasteiger partial charge >= 0.3 is 17.9 Å². The number of furan rings is 3. The Morgan fingerprint density at radius 2 is 0.763 bits per heavy atom. The van der Waals surface area contributed by atoms with Gasteiger partial charge in [0, 0.05) is 51.5 Å². The van der Waals surface area contributed by atoms with Crippen LogP contribution in [0.15, 0.2) is 196 Å². The zero-order chi connectivity index (χ0) is 80.3. The Labute approximate surface area is 667 Å². The molecule has 3 fully saturated rings. The fourth-order valence-electron chi connectivity index (χ4n) is 14.3. The van der Waals surface area contributed by atoms with Gasteiger partial charge in [-0.25, -0.2) is 44.3 Å². The minimum absolute atomic E-state index is 0.0358.